The second-order valence-electron chi connectivity index (χ2n) is 10.2. The summed E-state index contributed by atoms with van der Waals surface area (Å²) in [6, 6.07) is 13.5. The molecule has 0 aromatic heterocycles. The minimum Gasteiger partial charge on any atom is -0.384 e. The molecule has 2 amide bonds. The molecule has 13 heteroatoms. The number of carbonyl (C=O) groups excluding carboxylic acids is 2. The van der Waals surface area contributed by atoms with Crippen LogP contribution >= 0.6 is 22.6 Å². The van der Waals surface area contributed by atoms with Gasteiger partial charge in [0.2, 0.25) is 6.41 Å². The van der Waals surface area contributed by atoms with Gasteiger partial charge in [0, 0.05) is 82.0 Å². The molecule has 11 nitrogen and oxygen atoms in total. The Balaban J connectivity index is 0.000000235. The number of nitrogen functional groups attached to an aromatic ring is 1. The third kappa shape index (κ3) is 9.31. The highest BCUT2D eigenvalue weighted by Crippen LogP contribution is 2.33. The zero-order chi connectivity index (χ0) is 30.8. The Bertz CT molecular complexity index is 1270. The molecule has 2 saturated heterocycles. The number of piperazine rings is 2. The van der Waals surface area contributed by atoms with E-state index in [0.29, 0.717) is 37.3 Å². The van der Waals surface area contributed by atoms with Gasteiger partial charge in [0.25, 0.3) is 5.91 Å². The SMILES string of the molecule is C=S(c1cc(C)cc(CN2CCN(C(=N)N)CC2)c1)N(C)SC.N=C(N)c1ccc(C(=O)N2CCN(C=O)CC2)cc1. The molecule has 2 fully saturated rings. The molecular weight excluding hydrogens is 571 g/mol. The fourth-order valence-corrected chi connectivity index (χ4v) is 6.58. The van der Waals surface area contributed by atoms with Crippen LogP contribution in [0, 0.1) is 17.7 Å². The Kier molecular flexibility index (Phi) is 12.4. The maximum absolute atomic E-state index is 12.2. The van der Waals surface area contributed by atoms with Crippen molar-refractivity contribution in [3.8, 4) is 0 Å². The summed E-state index contributed by atoms with van der Waals surface area (Å²) in [7, 11) is 1.94. The minimum absolute atomic E-state index is 0.0152. The van der Waals surface area contributed by atoms with E-state index >= 15 is 0 Å². The van der Waals surface area contributed by atoms with Crippen molar-refractivity contribution in [3.05, 3.63) is 64.7 Å². The van der Waals surface area contributed by atoms with Gasteiger partial charge < -0.3 is 26.2 Å². The average Bonchev–Trinajstić information content (AvgIpc) is 3.00. The number of benzene rings is 2. The van der Waals surface area contributed by atoms with Gasteiger partial charge in [-0.1, -0.05) is 46.7 Å². The average molecular weight is 614 g/mol. The van der Waals surface area contributed by atoms with Gasteiger partial charge in [0.15, 0.2) is 5.96 Å². The van der Waals surface area contributed by atoms with Gasteiger partial charge >= 0.3 is 0 Å². The molecule has 0 radical (unpaired) electrons. The highest BCUT2D eigenvalue weighted by molar-refractivity contribution is 8.20. The van der Waals surface area contributed by atoms with Gasteiger partial charge in [0.05, 0.1) is 0 Å². The van der Waals surface area contributed by atoms with Crippen LogP contribution < -0.4 is 11.5 Å². The lowest BCUT2D eigenvalue weighted by atomic mass is 10.1. The van der Waals surface area contributed by atoms with Crippen LogP contribution in [-0.2, 0) is 11.3 Å². The van der Waals surface area contributed by atoms with E-state index in [0.717, 1.165) is 39.1 Å². The van der Waals surface area contributed by atoms with Crippen molar-refractivity contribution in [2.75, 3.05) is 65.7 Å². The van der Waals surface area contributed by atoms with Crippen molar-refractivity contribution < 1.29 is 9.59 Å². The number of amidine groups is 1. The van der Waals surface area contributed by atoms with Gasteiger partial charge in [-0.2, -0.15) is 3.71 Å². The minimum atomic E-state index is -0.142. The van der Waals surface area contributed by atoms with Crippen molar-refractivity contribution in [2.24, 2.45) is 11.5 Å². The van der Waals surface area contributed by atoms with Crippen molar-refractivity contribution in [3.63, 3.8) is 0 Å². The molecule has 0 bridgehead atoms. The number of carbonyl (C=O) groups is 2. The molecule has 2 aromatic rings. The highest BCUT2D eigenvalue weighted by Gasteiger charge is 2.21. The summed E-state index contributed by atoms with van der Waals surface area (Å²) in [4.78, 5) is 31.8. The first-order chi connectivity index (χ1) is 20.0. The van der Waals surface area contributed by atoms with Crippen LogP contribution in [0.2, 0.25) is 0 Å². The molecule has 2 aromatic carbocycles. The second kappa shape index (κ2) is 15.7. The Morgan fingerprint density at radius 1 is 0.976 bits per heavy atom. The van der Waals surface area contributed by atoms with Crippen LogP contribution in [-0.4, -0.2) is 119 Å². The smallest absolute Gasteiger partial charge is 0.253 e. The number of guanidine groups is 1. The molecule has 1 atom stereocenters. The monoisotopic (exact) mass is 613 g/mol. The van der Waals surface area contributed by atoms with Crippen LogP contribution in [0.5, 0.6) is 0 Å². The van der Waals surface area contributed by atoms with Crippen molar-refractivity contribution in [1.29, 1.82) is 10.8 Å². The molecule has 42 heavy (non-hydrogen) atoms. The number of nitrogens with two attached hydrogens (primary N) is 2. The van der Waals surface area contributed by atoms with Crippen LogP contribution in [0.1, 0.15) is 27.0 Å². The van der Waals surface area contributed by atoms with E-state index in [1.807, 2.05) is 4.90 Å². The number of nitrogens with one attached hydrogen (secondary N) is 2. The first-order valence-corrected chi connectivity index (χ1v) is 16.2. The zero-order valence-electron chi connectivity index (χ0n) is 24.7. The molecule has 0 saturated carbocycles. The van der Waals surface area contributed by atoms with E-state index in [9.17, 15) is 9.59 Å². The van der Waals surface area contributed by atoms with Crippen LogP contribution in [0.3, 0.4) is 0 Å². The van der Waals surface area contributed by atoms with E-state index in [1.54, 1.807) is 46.0 Å². The quantitative estimate of drug-likeness (QED) is 0.116. The first kappa shape index (κ1) is 33.1. The summed E-state index contributed by atoms with van der Waals surface area (Å²) in [6.45, 7) is 8.90. The fourth-order valence-electron chi connectivity index (χ4n) is 4.70. The van der Waals surface area contributed by atoms with Crippen molar-refractivity contribution in [2.45, 2.75) is 18.4 Å². The van der Waals surface area contributed by atoms with Crippen LogP contribution in [0.4, 0.5) is 0 Å². The Labute approximate surface area is 256 Å². The molecule has 6 N–H and O–H groups in total. The predicted molar refractivity (Wildman–Crippen MR) is 175 cm³/mol. The van der Waals surface area contributed by atoms with E-state index < -0.39 is 0 Å². The molecular formula is C29H43N9O2S2. The Morgan fingerprint density at radius 3 is 2.07 bits per heavy atom. The normalized spacial score (nSPS) is 16.4. The standard InChI is InChI=1S/C16H27N5S2.C13H16N4O2/c1-13-9-14(11-15(10-13)23(4)19(2)22-3)12-20-5-7-21(8-6-20)16(17)18;14-12(15)10-1-3-11(4-2-10)13(19)17-7-5-16(9-18)6-8-17/h9-11H,4-8,12H2,1-3H3,(H3,17,18);1-4,9H,5-8H2,(H3,14,15). The highest BCUT2D eigenvalue weighted by atomic mass is 32.2. The summed E-state index contributed by atoms with van der Waals surface area (Å²) in [6.07, 6.45) is 2.89. The van der Waals surface area contributed by atoms with Gasteiger partial charge in [-0.25, -0.2) is 0 Å². The van der Waals surface area contributed by atoms with Crippen LogP contribution in [0.15, 0.2) is 47.4 Å². The van der Waals surface area contributed by atoms with E-state index in [2.05, 4.69) is 52.9 Å². The number of amides is 2. The Hall–Kier alpha value is -3.39. The molecule has 2 aliphatic heterocycles. The second-order valence-corrected chi connectivity index (χ2v) is 13.1. The molecule has 1 unspecified atom stereocenters. The van der Waals surface area contributed by atoms with E-state index in [-0.39, 0.29) is 28.4 Å². The largest absolute Gasteiger partial charge is 0.384 e. The molecule has 0 aliphatic carbocycles. The van der Waals surface area contributed by atoms with Gasteiger partial charge in [-0.15, -0.1) is 0 Å². The summed E-state index contributed by atoms with van der Waals surface area (Å²) in [5.74, 6) is 4.43. The first-order valence-electron chi connectivity index (χ1n) is 13.7. The molecule has 2 aliphatic rings. The van der Waals surface area contributed by atoms with Gasteiger partial charge in [-0.05, 0) is 48.6 Å². The lowest BCUT2D eigenvalue weighted by Crippen LogP contribution is -2.50. The summed E-state index contributed by atoms with van der Waals surface area (Å²) in [5.41, 5.74) is 14.7. The fraction of sp³-hybridized carbons (Fsp3) is 0.414. The van der Waals surface area contributed by atoms with Crippen LogP contribution in [0.25, 0.3) is 0 Å². The third-order valence-electron chi connectivity index (χ3n) is 7.26. The zero-order valence-corrected chi connectivity index (χ0v) is 26.3. The van der Waals surface area contributed by atoms with Crippen molar-refractivity contribution >= 4 is 52.6 Å². The maximum atomic E-state index is 12.2. The number of hydrogen-bond acceptors (Lipinski definition) is 7. The van der Waals surface area contributed by atoms with Gasteiger partial charge in [0.1, 0.15) is 5.84 Å². The summed E-state index contributed by atoms with van der Waals surface area (Å²) in [5, 5.41) is 14.8. The van der Waals surface area contributed by atoms with E-state index in [1.165, 1.54) is 16.0 Å². The third-order valence-corrected chi connectivity index (χ3v) is 10.2. The van der Waals surface area contributed by atoms with E-state index in [4.69, 9.17) is 22.3 Å². The summed E-state index contributed by atoms with van der Waals surface area (Å²) >= 11 is 1.71. The predicted octanol–water partition coefficient (Wildman–Crippen LogP) is 2.08. The van der Waals surface area contributed by atoms with Crippen molar-refractivity contribution in [1.82, 2.24) is 23.3 Å². The molecule has 0 spiro atoms. The maximum Gasteiger partial charge on any atom is 0.253 e. The van der Waals surface area contributed by atoms with Gasteiger partial charge in [-0.3, -0.25) is 25.3 Å². The molecule has 2 heterocycles. The molecule has 4 rings (SSSR count). The Morgan fingerprint density at radius 2 is 1.55 bits per heavy atom. The number of nitrogens with zero attached hydrogens (tertiary/aromatic N) is 5. The number of rotatable bonds is 8. The molecule has 228 valence electrons. The topological polar surface area (TPSA) is 150 Å². The summed E-state index contributed by atoms with van der Waals surface area (Å²) < 4.78 is 2.20. The lowest BCUT2D eigenvalue weighted by molar-refractivity contribution is -0.119. The number of hydrogen-bond donors (Lipinski definition) is 4. The lowest BCUT2D eigenvalue weighted by Gasteiger charge is -2.35. The number of aryl methyl sites for hydroxylation is 1.